The van der Waals surface area contributed by atoms with E-state index in [1.54, 1.807) is 0 Å². The van der Waals surface area contributed by atoms with Gasteiger partial charge in [0, 0.05) is 11.1 Å². The standard InChI is InChI=1S/C23H16F4N2O3/c24-15-8-4-13(5-9-15)23(14-6-10-16(25)11-7-14)21(20-17(26)2-1-3-18(20)27)29(12-19(28)30)22(31)32-23/h1-11,21H,12H2,(H2,28,30). The van der Waals surface area contributed by atoms with Crippen LogP contribution in [0.2, 0.25) is 0 Å². The summed E-state index contributed by atoms with van der Waals surface area (Å²) in [7, 11) is 0. The Labute approximate surface area is 180 Å². The van der Waals surface area contributed by atoms with Crippen molar-refractivity contribution in [2.45, 2.75) is 11.6 Å². The first-order valence-corrected chi connectivity index (χ1v) is 9.48. The second-order valence-corrected chi connectivity index (χ2v) is 7.25. The van der Waals surface area contributed by atoms with Gasteiger partial charge in [-0.3, -0.25) is 9.69 Å². The summed E-state index contributed by atoms with van der Waals surface area (Å²) in [6.07, 6.45) is -1.08. The Hall–Kier alpha value is -3.88. The van der Waals surface area contributed by atoms with Crippen molar-refractivity contribution in [1.82, 2.24) is 4.90 Å². The number of nitrogens with two attached hydrogens (primary N) is 1. The van der Waals surface area contributed by atoms with Gasteiger partial charge in [0.1, 0.15) is 35.9 Å². The van der Waals surface area contributed by atoms with Crippen molar-refractivity contribution in [1.29, 1.82) is 0 Å². The number of carbonyl (C=O) groups is 2. The summed E-state index contributed by atoms with van der Waals surface area (Å²) >= 11 is 0. The maximum absolute atomic E-state index is 15.0. The monoisotopic (exact) mass is 444 g/mol. The van der Waals surface area contributed by atoms with E-state index in [-0.39, 0.29) is 11.1 Å². The molecule has 1 unspecified atom stereocenters. The third-order valence-electron chi connectivity index (χ3n) is 5.33. The molecule has 2 amide bonds. The van der Waals surface area contributed by atoms with Crippen molar-refractivity contribution >= 4 is 12.0 Å². The highest BCUT2D eigenvalue weighted by Gasteiger charge is 2.58. The van der Waals surface area contributed by atoms with Crippen LogP contribution in [0.15, 0.2) is 66.7 Å². The predicted octanol–water partition coefficient (Wildman–Crippen LogP) is 4.17. The molecule has 1 heterocycles. The van der Waals surface area contributed by atoms with Gasteiger partial charge >= 0.3 is 6.09 Å². The number of halogens is 4. The minimum Gasteiger partial charge on any atom is -0.430 e. The molecule has 4 rings (SSSR count). The number of rotatable bonds is 5. The van der Waals surface area contributed by atoms with Gasteiger partial charge in [-0.15, -0.1) is 0 Å². The SMILES string of the molecule is NC(=O)CN1C(=O)OC(c2ccc(F)cc2)(c2ccc(F)cc2)C1c1c(F)cccc1F. The number of primary amides is 1. The molecule has 1 aliphatic heterocycles. The quantitative estimate of drug-likeness (QED) is 0.601. The lowest BCUT2D eigenvalue weighted by Crippen LogP contribution is -2.41. The second-order valence-electron chi connectivity index (χ2n) is 7.25. The molecule has 5 nitrogen and oxygen atoms in total. The molecule has 164 valence electrons. The fourth-order valence-corrected chi connectivity index (χ4v) is 4.03. The maximum atomic E-state index is 15.0. The highest BCUT2D eigenvalue weighted by molar-refractivity contribution is 5.83. The van der Waals surface area contributed by atoms with Crippen LogP contribution in [0.1, 0.15) is 22.7 Å². The summed E-state index contributed by atoms with van der Waals surface area (Å²) in [5.41, 5.74) is 3.08. The molecule has 3 aromatic rings. The highest BCUT2D eigenvalue weighted by Crippen LogP contribution is 2.53. The molecule has 0 saturated carbocycles. The Morgan fingerprint density at radius 3 is 1.78 bits per heavy atom. The number of ether oxygens (including phenoxy) is 1. The third-order valence-corrected chi connectivity index (χ3v) is 5.33. The van der Waals surface area contributed by atoms with E-state index in [2.05, 4.69) is 0 Å². The maximum Gasteiger partial charge on any atom is 0.412 e. The Morgan fingerprint density at radius 1 is 0.875 bits per heavy atom. The van der Waals surface area contributed by atoms with Gasteiger partial charge in [-0.05, 0) is 36.4 Å². The lowest BCUT2D eigenvalue weighted by atomic mass is 9.77. The molecule has 1 atom stereocenters. The first-order valence-electron chi connectivity index (χ1n) is 9.48. The van der Waals surface area contributed by atoms with Crippen LogP contribution in [0.25, 0.3) is 0 Å². The van der Waals surface area contributed by atoms with Gasteiger partial charge < -0.3 is 10.5 Å². The zero-order valence-corrected chi connectivity index (χ0v) is 16.4. The number of amides is 2. The van der Waals surface area contributed by atoms with Crippen LogP contribution < -0.4 is 5.73 Å². The molecule has 0 radical (unpaired) electrons. The van der Waals surface area contributed by atoms with E-state index in [0.29, 0.717) is 0 Å². The van der Waals surface area contributed by atoms with Gasteiger partial charge in [0.2, 0.25) is 5.91 Å². The number of hydrogen-bond acceptors (Lipinski definition) is 3. The predicted molar refractivity (Wildman–Crippen MR) is 105 cm³/mol. The lowest BCUT2D eigenvalue weighted by Gasteiger charge is -2.36. The highest BCUT2D eigenvalue weighted by atomic mass is 19.1. The van der Waals surface area contributed by atoms with Crippen LogP contribution in [-0.4, -0.2) is 23.4 Å². The minimum atomic E-state index is -1.95. The van der Waals surface area contributed by atoms with Crippen LogP contribution >= 0.6 is 0 Å². The van der Waals surface area contributed by atoms with Crippen molar-refractivity contribution in [3.8, 4) is 0 Å². The van der Waals surface area contributed by atoms with Crippen molar-refractivity contribution in [2.24, 2.45) is 5.73 Å². The molecule has 3 aromatic carbocycles. The van der Waals surface area contributed by atoms with Crippen LogP contribution in [0.5, 0.6) is 0 Å². The first-order chi connectivity index (χ1) is 15.2. The van der Waals surface area contributed by atoms with E-state index in [4.69, 9.17) is 10.5 Å². The molecule has 1 aliphatic rings. The Balaban J connectivity index is 2.07. The van der Waals surface area contributed by atoms with Crippen LogP contribution in [0.3, 0.4) is 0 Å². The van der Waals surface area contributed by atoms with Gasteiger partial charge in [-0.2, -0.15) is 0 Å². The summed E-state index contributed by atoms with van der Waals surface area (Å²) in [4.78, 5) is 25.4. The van der Waals surface area contributed by atoms with Gasteiger partial charge in [-0.1, -0.05) is 30.3 Å². The summed E-state index contributed by atoms with van der Waals surface area (Å²) in [5, 5.41) is 0. The number of nitrogens with zero attached hydrogens (tertiary/aromatic N) is 1. The lowest BCUT2D eigenvalue weighted by molar-refractivity contribution is -0.118. The summed E-state index contributed by atoms with van der Waals surface area (Å²) < 4.78 is 63.0. The average Bonchev–Trinajstić information content (AvgIpc) is 3.01. The molecule has 1 fully saturated rings. The van der Waals surface area contributed by atoms with Crippen molar-refractivity contribution in [3.63, 3.8) is 0 Å². The molecule has 9 heteroatoms. The van der Waals surface area contributed by atoms with Crippen molar-refractivity contribution in [2.75, 3.05) is 6.54 Å². The molecular formula is C23H16F4N2O3. The zero-order valence-electron chi connectivity index (χ0n) is 16.4. The molecule has 0 aromatic heterocycles. The number of hydrogen-bond donors (Lipinski definition) is 1. The third kappa shape index (κ3) is 3.45. The van der Waals surface area contributed by atoms with E-state index >= 15 is 0 Å². The summed E-state index contributed by atoms with van der Waals surface area (Å²) in [5.74, 6) is -4.16. The van der Waals surface area contributed by atoms with E-state index in [0.717, 1.165) is 47.4 Å². The van der Waals surface area contributed by atoms with E-state index < -0.39 is 59.0 Å². The number of benzene rings is 3. The van der Waals surface area contributed by atoms with E-state index in [9.17, 15) is 27.2 Å². The van der Waals surface area contributed by atoms with Crippen LogP contribution in [0, 0.1) is 23.3 Å². The van der Waals surface area contributed by atoms with E-state index in [1.807, 2.05) is 0 Å². The van der Waals surface area contributed by atoms with Crippen LogP contribution in [0.4, 0.5) is 22.4 Å². The molecule has 0 bridgehead atoms. The molecular weight excluding hydrogens is 428 g/mol. The molecule has 2 N–H and O–H groups in total. The first kappa shape index (κ1) is 21.4. The van der Waals surface area contributed by atoms with Gasteiger partial charge in [-0.25, -0.2) is 22.4 Å². The van der Waals surface area contributed by atoms with Crippen LogP contribution in [-0.2, 0) is 15.1 Å². The smallest absolute Gasteiger partial charge is 0.412 e. The molecule has 0 aliphatic carbocycles. The fraction of sp³-hybridized carbons (Fsp3) is 0.130. The van der Waals surface area contributed by atoms with Gasteiger partial charge in [0.25, 0.3) is 0 Å². The Morgan fingerprint density at radius 2 is 1.34 bits per heavy atom. The Kier molecular flexibility index (Phi) is 5.33. The zero-order chi connectivity index (χ0) is 23.0. The van der Waals surface area contributed by atoms with Crippen molar-refractivity contribution < 1.29 is 31.9 Å². The normalized spacial score (nSPS) is 17.3. The van der Waals surface area contributed by atoms with Gasteiger partial charge in [0.15, 0.2) is 5.60 Å². The molecule has 32 heavy (non-hydrogen) atoms. The Bertz CT molecular complexity index is 1120. The largest absolute Gasteiger partial charge is 0.430 e. The fourth-order valence-electron chi connectivity index (χ4n) is 4.03. The summed E-state index contributed by atoms with van der Waals surface area (Å²) in [6.45, 7) is -0.707. The van der Waals surface area contributed by atoms with Crippen molar-refractivity contribution in [3.05, 3.63) is 107 Å². The average molecular weight is 444 g/mol. The number of carbonyl (C=O) groups excluding carboxylic acids is 2. The second kappa shape index (κ2) is 7.99. The topological polar surface area (TPSA) is 72.6 Å². The number of cyclic esters (lactones) is 1. The minimum absolute atomic E-state index is 0.151. The van der Waals surface area contributed by atoms with E-state index in [1.165, 1.54) is 24.3 Å². The molecule has 0 spiro atoms. The van der Waals surface area contributed by atoms with Gasteiger partial charge in [0.05, 0.1) is 5.56 Å². The summed E-state index contributed by atoms with van der Waals surface area (Å²) in [6, 6.07) is 11.0. The molecule has 1 saturated heterocycles.